The summed E-state index contributed by atoms with van der Waals surface area (Å²) in [5, 5.41) is 0. The summed E-state index contributed by atoms with van der Waals surface area (Å²) >= 11 is 0. The number of hydrogen-bond acceptors (Lipinski definition) is 3. The summed E-state index contributed by atoms with van der Waals surface area (Å²) in [6, 6.07) is 10.7. The summed E-state index contributed by atoms with van der Waals surface area (Å²) < 4.78 is 27.5. The standard InChI is InChI=1S/C17H20N2O2S/c1-12-8-9-14(11-13(12)2)22(20,21)19-10-4-5-15-16(18)6-3-7-17(15)19/h3,6-9,11H,4-5,10,18H2,1-2H3. The van der Waals surface area contributed by atoms with Crippen LogP contribution < -0.4 is 10.0 Å². The van der Waals surface area contributed by atoms with E-state index in [-0.39, 0.29) is 0 Å². The molecule has 3 rings (SSSR count). The molecule has 2 aromatic rings. The summed E-state index contributed by atoms with van der Waals surface area (Å²) in [6.07, 6.45) is 1.60. The van der Waals surface area contributed by atoms with Crippen LogP contribution in [0.25, 0.3) is 0 Å². The van der Waals surface area contributed by atoms with E-state index >= 15 is 0 Å². The van der Waals surface area contributed by atoms with Crippen molar-refractivity contribution in [1.82, 2.24) is 0 Å². The quantitative estimate of drug-likeness (QED) is 0.866. The van der Waals surface area contributed by atoms with Crippen LogP contribution in [0.15, 0.2) is 41.3 Å². The second-order valence-electron chi connectivity index (χ2n) is 5.77. The zero-order valence-corrected chi connectivity index (χ0v) is 13.7. The Kier molecular flexibility index (Phi) is 3.60. The van der Waals surface area contributed by atoms with Gasteiger partial charge in [0.15, 0.2) is 0 Å². The molecule has 0 amide bonds. The van der Waals surface area contributed by atoms with Gasteiger partial charge in [0.2, 0.25) is 0 Å². The number of hydrogen-bond donors (Lipinski definition) is 1. The lowest BCUT2D eigenvalue weighted by atomic mass is 10.0. The molecule has 0 fully saturated rings. The van der Waals surface area contributed by atoms with Gasteiger partial charge >= 0.3 is 0 Å². The van der Waals surface area contributed by atoms with Crippen LogP contribution in [0.1, 0.15) is 23.1 Å². The Balaban J connectivity index is 2.11. The van der Waals surface area contributed by atoms with Crippen LogP contribution in [-0.2, 0) is 16.4 Å². The van der Waals surface area contributed by atoms with Crippen molar-refractivity contribution in [3.63, 3.8) is 0 Å². The van der Waals surface area contributed by atoms with Crippen LogP contribution in [0.2, 0.25) is 0 Å². The van der Waals surface area contributed by atoms with Crippen LogP contribution in [0.4, 0.5) is 11.4 Å². The smallest absolute Gasteiger partial charge is 0.264 e. The maximum Gasteiger partial charge on any atom is 0.264 e. The molecule has 1 aliphatic heterocycles. The zero-order valence-electron chi connectivity index (χ0n) is 12.8. The molecule has 4 nitrogen and oxygen atoms in total. The van der Waals surface area contributed by atoms with Crippen molar-refractivity contribution in [2.45, 2.75) is 31.6 Å². The van der Waals surface area contributed by atoms with E-state index < -0.39 is 10.0 Å². The molecule has 0 aliphatic carbocycles. The largest absolute Gasteiger partial charge is 0.398 e. The molecule has 1 heterocycles. The first-order valence-electron chi connectivity index (χ1n) is 7.38. The minimum atomic E-state index is -3.55. The number of sulfonamides is 1. The van der Waals surface area contributed by atoms with Crippen LogP contribution in [0, 0.1) is 13.8 Å². The Bertz CT molecular complexity index is 829. The molecule has 0 saturated carbocycles. The number of aryl methyl sites for hydroxylation is 2. The predicted molar refractivity (Wildman–Crippen MR) is 89.6 cm³/mol. The topological polar surface area (TPSA) is 63.4 Å². The summed E-state index contributed by atoms with van der Waals surface area (Å²) in [5.41, 5.74) is 10.4. The van der Waals surface area contributed by atoms with Crippen LogP contribution in [-0.4, -0.2) is 15.0 Å². The highest BCUT2D eigenvalue weighted by Crippen LogP contribution is 2.35. The SMILES string of the molecule is Cc1ccc(S(=O)(=O)N2CCCc3c(N)cccc32)cc1C. The van der Waals surface area contributed by atoms with Crippen LogP contribution in [0.5, 0.6) is 0 Å². The summed E-state index contributed by atoms with van der Waals surface area (Å²) in [5.74, 6) is 0. The van der Waals surface area contributed by atoms with E-state index in [9.17, 15) is 8.42 Å². The Hall–Kier alpha value is -2.01. The molecular formula is C17H20N2O2S. The van der Waals surface area contributed by atoms with Gasteiger partial charge in [-0.2, -0.15) is 0 Å². The number of nitrogen functional groups attached to an aromatic ring is 1. The summed E-state index contributed by atoms with van der Waals surface area (Å²) in [6.45, 7) is 4.39. The first-order chi connectivity index (χ1) is 10.4. The van der Waals surface area contributed by atoms with E-state index in [1.54, 1.807) is 12.1 Å². The van der Waals surface area contributed by atoms with Gasteiger partial charge in [0, 0.05) is 12.2 Å². The van der Waals surface area contributed by atoms with E-state index in [4.69, 9.17) is 5.73 Å². The molecule has 2 aromatic carbocycles. The Morgan fingerprint density at radius 2 is 1.86 bits per heavy atom. The van der Waals surface area contributed by atoms with Crippen LogP contribution in [0.3, 0.4) is 0 Å². The maximum atomic E-state index is 13.0. The van der Waals surface area contributed by atoms with Crippen molar-refractivity contribution >= 4 is 21.4 Å². The number of rotatable bonds is 2. The molecule has 1 aliphatic rings. The monoisotopic (exact) mass is 316 g/mol. The zero-order chi connectivity index (χ0) is 15.9. The molecule has 22 heavy (non-hydrogen) atoms. The number of nitrogens with two attached hydrogens (primary N) is 1. The van der Waals surface area contributed by atoms with Gasteiger partial charge in [0.1, 0.15) is 0 Å². The summed E-state index contributed by atoms with van der Waals surface area (Å²) in [7, 11) is -3.55. The molecule has 0 aromatic heterocycles. The van der Waals surface area contributed by atoms with Gasteiger partial charge < -0.3 is 5.73 Å². The first kappa shape index (κ1) is 14.9. The average molecular weight is 316 g/mol. The number of fused-ring (bicyclic) bond motifs is 1. The predicted octanol–water partition coefficient (Wildman–Crippen LogP) is 3.03. The van der Waals surface area contributed by atoms with Gasteiger partial charge in [-0.1, -0.05) is 12.1 Å². The molecule has 0 radical (unpaired) electrons. The summed E-state index contributed by atoms with van der Waals surface area (Å²) in [4.78, 5) is 0.339. The van der Waals surface area contributed by atoms with E-state index in [0.717, 1.165) is 29.5 Å². The third kappa shape index (κ3) is 2.35. The highest BCUT2D eigenvalue weighted by molar-refractivity contribution is 7.92. The van der Waals surface area contributed by atoms with Crippen molar-refractivity contribution in [2.24, 2.45) is 0 Å². The third-order valence-corrected chi connectivity index (χ3v) is 6.12. The van der Waals surface area contributed by atoms with Crippen molar-refractivity contribution in [1.29, 1.82) is 0 Å². The third-order valence-electron chi connectivity index (χ3n) is 4.31. The fourth-order valence-electron chi connectivity index (χ4n) is 2.87. The second-order valence-corrected chi connectivity index (χ2v) is 7.63. The van der Waals surface area contributed by atoms with Gasteiger partial charge in [-0.3, -0.25) is 4.31 Å². The number of nitrogens with zero attached hydrogens (tertiary/aromatic N) is 1. The highest BCUT2D eigenvalue weighted by Gasteiger charge is 2.29. The minimum absolute atomic E-state index is 0.339. The van der Waals surface area contributed by atoms with Gasteiger partial charge in [-0.25, -0.2) is 8.42 Å². The molecular weight excluding hydrogens is 296 g/mol. The van der Waals surface area contributed by atoms with Gasteiger partial charge in [-0.15, -0.1) is 0 Å². The highest BCUT2D eigenvalue weighted by atomic mass is 32.2. The minimum Gasteiger partial charge on any atom is -0.398 e. The van der Waals surface area contributed by atoms with Crippen molar-refractivity contribution < 1.29 is 8.42 Å². The van der Waals surface area contributed by atoms with E-state index in [1.807, 2.05) is 38.1 Å². The van der Waals surface area contributed by atoms with Crippen molar-refractivity contribution in [3.05, 3.63) is 53.1 Å². The normalized spacial score (nSPS) is 14.7. The maximum absolute atomic E-state index is 13.0. The van der Waals surface area contributed by atoms with E-state index in [2.05, 4.69) is 0 Å². The van der Waals surface area contributed by atoms with E-state index in [1.165, 1.54) is 4.31 Å². The Morgan fingerprint density at radius 1 is 1.09 bits per heavy atom. The van der Waals surface area contributed by atoms with Crippen LogP contribution >= 0.6 is 0 Å². The molecule has 0 saturated heterocycles. The lowest BCUT2D eigenvalue weighted by Crippen LogP contribution is -2.35. The fraction of sp³-hybridized carbons (Fsp3) is 0.294. The number of benzene rings is 2. The molecule has 5 heteroatoms. The lowest BCUT2D eigenvalue weighted by Gasteiger charge is -2.31. The lowest BCUT2D eigenvalue weighted by molar-refractivity contribution is 0.586. The molecule has 2 N–H and O–H groups in total. The average Bonchev–Trinajstić information content (AvgIpc) is 2.50. The molecule has 0 unspecified atom stereocenters. The molecule has 0 spiro atoms. The fourth-order valence-corrected chi connectivity index (χ4v) is 4.49. The van der Waals surface area contributed by atoms with Crippen molar-refractivity contribution in [3.8, 4) is 0 Å². The van der Waals surface area contributed by atoms with Gasteiger partial charge in [0.25, 0.3) is 10.0 Å². The number of anilines is 2. The first-order valence-corrected chi connectivity index (χ1v) is 8.82. The van der Waals surface area contributed by atoms with Gasteiger partial charge in [-0.05, 0) is 67.6 Å². The Morgan fingerprint density at radius 3 is 2.59 bits per heavy atom. The molecule has 116 valence electrons. The molecule has 0 bridgehead atoms. The molecule has 0 atom stereocenters. The van der Waals surface area contributed by atoms with Gasteiger partial charge in [0.05, 0.1) is 10.6 Å². The second kappa shape index (κ2) is 5.32. The van der Waals surface area contributed by atoms with E-state index in [0.29, 0.717) is 22.8 Å². The van der Waals surface area contributed by atoms with Crippen molar-refractivity contribution in [2.75, 3.05) is 16.6 Å². The Labute approximate surface area is 131 Å².